The summed E-state index contributed by atoms with van der Waals surface area (Å²) in [6.45, 7) is 5.88. The molecule has 1 nitrogen and oxygen atoms in total. The molecule has 4 fully saturated rings. The summed E-state index contributed by atoms with van der Waals surface area (Å²) in [5.74, 6) is 3.33. The standard InChI is InChI=1S/C16H29N/c1-3-4-17-12(2)8-16-9-13-5-14(10-16)7-15(6-13)11-16/h12-15,17H,3-11H2,1-2H3. The van der Waals surface area contributed by atoms with Crippen molar-refractivity contribution in [2.24, 2.45) is 23.2 Å². The third kappa shape index (κ3) is 2.41. The molecule has 17 heavy (non-hydrogen) atoms. The maximum absolute atomic E-state index is 3.71. The molecule has 0 saturated heterocycles. The average molecular weight is 235 g/mol. The molecule has 1 heteroatoms. The summed E-state index contributed by atoms with van der Waals surface area (Å²) in [5.41, 5.74) is 0.759. The molecule has 1 N–H and O–H groups in total. The molecule has 4 aliphatic rings. The molecule has 0 aromatic heterocycles. The fraction of sp³-hybridized carbons (Fsp3) is 1.00. The smallest absolute Gasteiger partial charge is 0.00440 e. The molecule has 1 atom stereocenters. The van der Waals surface area contributed by atoms with Gasteiger partial charge < -0.3 is 5.32 Å². The van der Waals surface area contributed by atoms with Crippen LogP contribution in [0.25, 0.3) is 0 Å². The van der Waals surface area contributed by atoms with Gasteiger partial charge in [0.2, 0.25) is 0 Å². The normalized spacial score (nSPS) is 45.2. The van der Waals surface area contributed by atoms with Gasteiger partial charge in [0.15, 0.2) is 0 Å². The van der Waals surface area contributed by atoms with Crippen molar-refractivity contribution in [2.45, 2.75) is 71.3 Å². The first kappa shape index (κ1) is 12.0. The van der Waals surface area contributed by atoms with E-state index in [1.165, 1.54) is 19.4 Å². The first-order valence-electron chi connectivity index (χ1n) is 7.92. The van der Waals surface area contributed by atoms with E-state index in [0.717, 1.165) is 29.2 Å². The predicted octanol–water partition coefficient (Wildman–Crippen LogP) is 3.98. The highest BCUT2D eigenvalue weighted by atomic mass is 14.9. The van der Waals surface area contributed by atoms with Crippen LogP contribution in [0.4, 0.5) is 0 Å². The SMILES string of the molecule is CCCNC(C)CC12CC3CC(CC(C3)C1)C2. The summed E-state index contributed by atoms with van der Waals surface area (Å²) in [5, 5.41) is 3.71. The Morgan fingerprint density at radius 1 is 1.06 bits per heavy atom. The number of rotatable bonds is 5. The van der Waals surface area contributed by atoms with Crippen molar-refractivity contribution >= 4 is 0 Å². The van der Waals surface area contributed by atoms with Crippen LogP contribution in [-0.2, 0) is 0 Å². The van der Waals surface area contributed by atoms with E-state index in [9.17, 15) is 0 Å². The van der Waals surface area contributed by atoms with Crippen LogP contribution < -0.4 is 5.32 Å². The zero-order valence-electron chi connectivity index (χ0n) is 11.7. The van der Waals surface area contributed by atoms with Gasteiger partial charge in [0.05, 0.1) is 0 Å². The molecular weight excluding hydrogens is 206 g/mol. The molecule has 1 unspecified atom stereocenters. The van der Waals surface area contributed by atoms with E-state index in [1.807, 2.05) is 0 Å². The first-order valence-corrected chi connectivity index (χ1v) is 7.92. The summed E-state index contributed by atoms with van der Waals surface area (Å²) >= 11 is 0. The summed E-state index contributed by atoms with van der Waals surface area (Å²) < 4.78 is 0. The Bertz CT molecular complexity index is 235. The van der Waals surface area contributed by atoms with Gasteiger partial charge in [0, 0.05) is 6.04 Å². The van der Waals surface area contributed by atoms with Crippen molar-refractivity contribution in [1.82, 2.24) is 5.32 Å². The second-order valence-corrected chi connectivity index (χ2v) is 7.48. The molecule has 4 rings (SSSR count). The third-order valence-electron chi connectivity index (χ3n) is 5.65. The van der Waals surface area contributed by atoms with Crippen molar-refractivity contribution in [3.63, 3.8) is 0 Å². The van der Waals surface area contributed by atoms with Crippen molar-refractivity contribution in [1.29, 1.82) is 0 Å². The molecule has 4 aliphatic carbocycles. The second kappa shape index (κ2) is 4.57. The summed E-state index contributed by atoms with van der Waals surface area (Å²) in [6, 6.07) is 0.742. The van der Waals surface area contributed by atoms with E-state index < -0.39 is 0 Å². The van der Waals surface area contributed by atoms with Crippen LogP contribution >= 0.6 is 0 Å². The van der Waals surface area contributed by atoms with Crippen LogP contribution in [0, 0.1) is 23.2 Å². The van der Waals surface area contributed by atoms with Crippen molar-refractivity contribution in [3.8, 4) is 0 Å². The van der Waals surface area contributed by atoms with E-state index in [0.29, 0.717) is 0 Å². The molecular formula is C16H29N. The highest BCUT2D eigenvalue weighted by Crippen LogP contribution is 2.61. The quantitative estimate of drug-likeness (QED) is 0.760. The maximum Gasteiger partial charge on any atom is 0.00440 e. The molecule has 0 aliphatic heterocycles. The monoisotopic (exact) mass is 235 g/mol. The van der Waals surface area contributed by atoms with Gasteiger partial charge in [0.25, 0.3) is 0 Å². The lowest BCUT2D eigenvalue weighted by molar-refractivity contribution is -0.0611. The van der Waals surface area contributed by atoms with Crippen LogP contribution in [0.15, 0.2) is 0 Å². The number of hydrogen-bond acceptors (Lipinski definition) is 1. The van der Waals surface area contributed by atoms with Gasteiger partial charge in [-0.2, -0.15) is 0 Å². The minimum Gasteiger partial charge on any atom is -0.314 e. The van der Waals surface area contributed by atoms with E-state index in [1.54, 1.807) is 38.5 Å². The highest BCUT2D eigenvalue weighted by molar-refractivity contribution is 5.02. The van der Waals surface area contributed by atoms with E-state index in [-0.39, 0.29) is 0 Å². The molecule has 0 amide bonds. The zero-order chi connectivity index (χ0) is 11.9. The topological polar surface area (TPSA) is 12.0 Å². The minimum atomic E-state index is 0.742. The van der Waals surface area contributed by atoms with Crippen molar-refractivity contribution in [2.75, 3.05) is 6.54 Å². The predicted molar refractivity (Wildman–Crippen MR) is 73.0 cm³/mol. The average Bonchev–Trinajstić information content (AvgIpc) is 2.23. The zero-order valence-corrected chi connectivity index (χ0v) is 11.7. The molecule has 0 aromatic carbocycles. The van der Waals surface area contributed by atoms with Gasteiger partial charge >= 0.3 is 0 Å². The molecule has 0 radical (unpaired) electrons. The van der Waals surface area contributed by atoms with Crippen LogP contribution in [0.5, 0.6) is 0 Å². The van der Waals surface area contributed by atoms with Gasteiger partial charge in [-0.25, -0.2) is 0 Å². The molecule has 4 saturated carbocycles. The molecule has 0 spiro atoms. The lowest BCUT2D eigenvalue weighted by atomic mass is 9.48. The van der Waals surface area contributed by atoms with Gasteiger partial charge in [-0.05, 0) is 88.0 Å². The molecule has 0 heterocycles. The molecule has 98 valence electrons. The van der Waals surface area contributed by atoms with Crippen molar-refractivity contribution in [3.05, 3.63) is 0 Å². The molecule has 0 aromatic rings. The Labute approximate surface area is 107 Å². The van der Waals surface area contributed by atoms with Gasteiger partial charge in [-0.1, -0.05) is 6.92 Å². The van der Waals surface area contributed by atoms with Crippen LogP contribution in [0.2, 0.25) is 0 Å². The highest BCUT2D eigenvalue weighted by Gasteiger charge is 2.50. The van der Waals surface area contributed by atoms with Gasteiger partial charge in [-0.3, -0.25) is 0 Å². The Morgan fingerprint density at radius 3 is 2.06 bits per heavy atom. The summed E-state index contributed by atoms with van der Waals surface area (Å²) in [7, 11) is 0. The summed E-state index contributed by atoms with van der Waals surface area (Å²) in [4.78, 5) is 0. The second-order valence-electron chi connectivity index (χ2n) is 7.48. The fourth-order valence-electron chi connectivity index (χ4n) is 5.65. The largest absolute Gasteiger partial charge is 0.314 e. The van der Waals surface area contributed by atoms with Crippen LogP contribution in [0.1, 0.15) is 65.2 Å². The van der Waals surface area contributed by atoms with E-state index in [2.05, 4.69) is 19.2 Å². The number of hydrogen-bond donors (Lipinski definition) is 1. The first-order chi connectivity index (χ1) is 8.19. The molecule has 4 bridgehead atoms. The Hall–Kier alpha value is -0.0400. The summed E-state index contributed by atoms with van der Waals surface area (Å²) in [6.07, 6.45) is 12.2. The Balaban J connectivity index is 1.62. The Kier molecular flexibility index (Phi) is 3.23. The lowest BCUT2D eigenvalue weighted by Gasteiger charge is -2.57. The van der Waals surface area contributed by atoms with Crippen molar-refractivity contribution < 1.29 is 0 Å². The van der Waals surface area contributed by atoms with Gasteiger partial charge in [-0.15, -0.1) is 0 Å². The Morgan fingerprint density at radius 2 is 1.59 bits per heavy atom. The lowest BCUT2D eigenvalue weighted by Crippen LogP contribution is -2.48. The number of nitrogens with one attached hydrogen (secondary N) is 1. The van der Waals surface area contributed by atoms with Gasteiger partial charge in [0.1, 0.15) is 0 Å². The minimum absolute atomic E-state index is 0.742. The maximum atomic E-state index is 3.71. The van der Waals surface area contributed by atoms with E-state index in [4.69, 9.17) is 0 Å². The fourth-order valence-corrected chi connectivity index (χ4v) is 5.65. The van der Waals surface area contributed by atoms with Crippen LogP contribution in [-0.4, -0.2) is 12.6 Å². The third-order valence-corrected chi connectivity index (χ3v) is 5.65. The van der Waals surface area contributed by atoms with Crippen LogP contribution in [0.3, 0.4) is 0 Å². The van der Waals surface area contributed by atoms with E-state index >= 15 is 0 Å².